The molecular formula is C24H20FN7O4. The van der Waals surface area contributed by atoms with Crippen LogP contribution in [-0.2, 0) is 4.79 Å². The number of carbonyl (C=O) groups is 1. The van der Waals surface area contributed by atoms with Crippen LogP contribution in [0.15, 0.2) is 65.6 Å². The van der Waals surface area contributed by atoms with Crippen molar-refractivity contribution in [2.45, 2.75) is 6.92 Å². The number of H-pyrrole nitrogens is 1. The number of aromatic amines is 1. The number of rotatable bonds is 7. The van der Waals surface area contributed by atoms with E-state index in [9.17, 15) is 14.0 Å². The molecule has 0 atom stereocenters. The van der Waals surface area contributed by atoms with E-state index < -0.39 is 17.3 Å². The number of hydrogen-bond acceptors (Lipinski definition) is 7. The van der Waals surface area contributed by atoms with Crippen molar-refractivity contribution in [1.29, 1.82) is 0 Å². The fraction of sp³-hybridized carbons (Fsp3) is 0.125. The number of amides is 1. The van der Waals surface area contributed by atoms with Crippen molar-refractivity contribution in [3.63, 3.8) is 0 Å². The molecule has 0 unspecified atom stereocenters. The lowest BCUT2D eigenvalue weighted by molar-refractivity contribution is -0.118. The Kier molecular flexibility index (Phi) is 5.90. The molecule has 0 fully saturated rings. The molecule has 3 heterocycles. The number of hydrogen-bond donors (Lipinski definition) is 2. The van der Waals surface area contributed by atoms with E-state index in [0.29, 0.717) is 22.9 Å². The number of fused-ring (bicyclic) bond motifs is 1. The van der Waals surface area contributed by atoms with Gasteiger partial charge in [-0.2, -0.15) is 19.9 Å². The summed E-state index contributed by atoms with van der Waals surface area (Å²) in [5.74, 6) is 0.400. The van der Waals surface area contributed by atoms with E-state index in [-0.39, 0.29) is 29.4 Å². The van der Waals surface area contributed by atoms with E-state index in [4.69, 9.17) is 9.47 Å². The first-order chi connectivity index (χ1) is 17.4. The van der Waals surface area contributed by atoms with Crippen LogP contribution in [0.1, 0.15) is 5.69 Å². The summed E-state index contributed by atoms with van der Waals surface area (Å²) in [6.07, 6.45) is 1.38. The van der Waals surface area contributed by atoms with Gasteiger partial charge < -0.3 is 14.8 Å². The average Bonchev–Trinajstić information content (AvgIpc) is 3.47. The summed E-state index contributed by atoms with van der Waals surface area (Å²) in [6, 6.07) is 14.2. The Bertz CT molecular complexity index is 1620. The molecule has 5 rings (SSSR count). The molecule has 0 radical (unpaired) electrons. The first-order valence-corrected chi connectivity index (χ1v) is 10.8. The Hall–Kier alpha value is -5.00. The Morgan fingerprint density at radius 2 is 1.86 bits per heavy atom. The van der Waals surface area contributed by atoms with Gasteiger partial charge in [-0.15, -0.1) is 0 Å². The highest BCUT2D eigenvalue weighted by molar-refractivity contribution is 5.91. The maximum atomic E-state index is 13.4. The van der Waals surface area contributed by atoms with Crippen molar-refractivity contribution < 1.29 is 18.7 Å². The average molecular weight is 489 g/mol. The first-order valence-electron chi connectivity index (χ1n) is 10.8. The zero-order chi connectivity index (χ0) is 25.2. The van der Waals surface area contributed by atoms with Gasteiger partial charge in [-0.1, -0.05) is 12.1 Å². The lowest BCUT2D eigenvalue weighted by Crippen LogP contribution is -2.23. The maximum Gasteiger partial charge on any atom is 0.263 e. The van der Waals surface area contributed by atoms with Crippen LogP contribution in [0, 0.1) is 12.7 Å². The van der Waals surface area contributed by atoms with Crippen molar-refractivity contribution in [1.82, 2.24) is 29.5 Å². The second-order valence-electron chi connectivity index (χ2n) is 7.73. The highest BCUT2D eigenvalue weighted by atomic mass is 19.1. The predicted octanol–water partition coefficient (Wildman–Crippen LogP) is 2.77. The smallest absolute Gasteiger partial charge is 0.263 e. The van der Waals surface area contributed by atoms with Crippen LogP contribution in [0.3, 0.4) is 0 Å². The summed E-state index contributed by atoms with van der Waals surface area (Å²) >= 11 is 0. The molecule has 182 valence electrons. The van der Waals surface area contributed by atoms with Gasteiger partial charge >= 0.3 is 0 Å². The Balaban J connectivity index is 1.44. The Morgan fingerprint density at radius 1 is 1.11 bits per heavy atom. The van der Waals surface area contributed by atoms with Crippen molar-refractivity contribution in [2.24, 2.45) is 0 Å². The first kappa shape index (κ1) is 22.8. The Labute approximate surface area is 203 Å². The van der Waals surface area contributed by atoms with Crippen LogP contribution in [-0.4, -0.2) is 49.2 Å². The summed E-state index contributed by atoms with van der Waals surface area (Å²) in [4.78, 5) is 32.6. The standard InChI is InChI=1S/C24H20FN7O4/c1-14-11-20(27-21(33)13-36-19-6-4-3-5-18(19)35-2)32(30-14)24-28-22-17(23(34)29-24)12-26-31(22)16-9-7-15(25)8-10-16/h3-12H,13H2,1-2H3,(H,27,33)(H,28,29,34). The van der Waals surface area contributed by atoms with Crippen LogP contribution in [0.4, 0.5) is 10.2 Å². The molecular weight excluding hydrogens is 469 g/mol. The van der Waals surface area contributed by atoms with Gasteiger partial charge in [0, 0.05) is 6.07 Å². The van der Waals surface area contributed by atoms with Gasteiger partial charge in [0.15, 0.2) is 23.8 Å². The zero-order valence-electron chi connectivity index (χ0n) is 19.2. The number of aryl methyl sites for hydroxylation is 1. The molecule has 11 nitrogen and oxygen atoms in total. The normalized spacial score (nSPS) is 11.0. The van der Waals surface area contributed by atoms with Gasteiger partial charge in [0.2, 0.25) is 5.95 Å². The van der Waals surface area contributed by atoms with Crippen LogP contribution < -0.4 is 20.3 Å². The van der Waals surface area contributed by atoms with Gasteiger partial charge in [-0.25, -0.2) is 9.07 Å². The minimum Gasteiger partial charge on any atom is -0.493 e. The van der Waals surface area contributed by atoms with Gasteiger partial charge in [0.05, 0.1) is 24.7 Å². The highest BCUT2D eigenvalue weighted by Crippen LogP contribution is 2.25. The van der Waals surface area contributed by atoms with E-state index >= 15 is 0 Å². The number of anilines is 1. The zero-order valence-corrected chi connectivity index (χ0v) is 19.2. The molecule has 0 aliphatic heterocycles. The van der Waals surface area contributed by atoms with E-state index in [0.717, 1.165) is 0 Å². The molecule has 0 bridgehead atoms. The molecule has 0 spiro atoms. The van der Waals surface area contributed by atoms with Crippen LogP contribution in [0.2, 0.25) is 0 Å². The summed E-state index contributed by atoms with van der Waals surface area (Å²) < 4.78 is 26.9. The minimum atomic E-state index is -0.457. The van der Waals surface area contributed by atoms with Gasteiger partial charge in [0.1, 0.15) is 17.0 Å². The summed E-state index contributed by atoms with van der Waals surface area (Å²) in [6.45, 7) is 1.45. The number of nitrogens with one attached hydrogen (secondary N) is 2. The van der Waals surface area contributed by atoms with Gasteiger partial charge in [-0.05, 0) is 43.3 Å². The molecule has 0 saturated carbocycles. The number of ether oxygens (including phenoxy) is 2. The molecule has 0 saturated heterocycles. The summed E-state index contributed by atoms with van der Waals surface area (Å²) in [5, 5.41) is 11.5. The lowest BCUT2D eigenvalue weighted by atomic mass is 10.3. The quantitative estimate of drug-likeness (QED) is 0.360. The van der Waals surface area contributed by atoms with Crippen molar-refractivity contribution in [3.05, 3.63) is 82.7 Å². The molecule has 0 aliphatic carbocycles. The van der Waals surface area contributed by atoms with Crippen molar-refractivity contribution >= 4 is 22.8 Å². The third-order valence-electron chi connectivity index (χ3n) is 5.22. The third kappa shape index (κ3) is 4.39. The monoisotopic (exact) mass is 489 g/mol. The van der Waals surface area contributed by atoms with Crippen LogP contribution >= 0.6 is 0 Å². The number of benzene rings is 2. The number of aromatic nitrogens is 6. The van der Waals surface area contributed by atoms with E-state index in [1.54, 1.807) is 37.3 Å². The molecule has 12 heteroatoms. The highest BCUT2D eigenvalue weighted by Gasteiger charge is 2.17. The van der Waals surface area contributed by atoms with Crippen molar-refractivity contribution in [3.8, 4) is 23.1 Å². The molecule has 2 N–H and O–H groups in total. The fourth-order valence-electron chi connectivity index (χ4n) is 3.59. The van der Waals surface area contributed by atoms with Crippen LogP contribution in [0.25, 0.3) is 22.7 Å². The molecule has 1 amide bonds. The van der Waals surface area contributed by atoms with E-state index in [1.807, 2.05) is 0 Å². The number of nitrogens with zero attached hydrogens (tertiary/aromatic N) is 5. The van der Waals surface area contributed by atoms with Crippen molar-refractivity contribution in [2.75, 3.05) is 19.0 Å². The van der Waals surface area contributed by atoms with Gasteiger partial charge in [-0.3, -0.25) is 14.6 Å². The number of halogens is 1. The molecule has 0 aliphatic rings. The second kappa shape index (κ2) is 9.33. The predicted molar refractivity (Wildman–Crippen MR) is 128 cm³/mol. The summed E-state index contributed by atoms with van der Waals surface area (Å²) in [7, 11) is 1.51. The third-order valence-corrected chi connectivity index (χ3v) is 5.22. The Morgan fingerprint density at radius 3 is 2.61 bits per heavy atom. The van der Waals surface area contributed by atoms with Gasteiger partial charge in [0.25, 0.3) is 11.5 Å². The largest absolute Gasteiger partial charge is 0.493 e. The number of para-hydroxylation sites is 2. The maximum absolute atomic E-state index is 13.4. The number of carbonyl (C=O) groups excluding carboxylic acids is 1. The molecule has 3 aromatic heterocycles. The number of methoxy groups -OCH3 is 1. The van der Waals surface area contributed by atoms with Crippen LogP contribution in [0.5, 0.6) is 11.5 Å². The van der Waals surface area contributed by atoms with E-state index in [1.165, 1.54) is 46.9 Å². The topological polar surface area (TPSA) is 129 Å². The molecule has 5 aromatic rings. The molecule has 36 heavy (non-hydrogen) atoms. The second-order valence-corrected chi connectivity index (χ2v) is 7.73. The SMILES string of the molecule is COc1ccccc1OCC(=O)Nc1cc(C)nn1-c1nc2c(cnn2-c2ccc(F)cc2)c(=O)[nH]1. The lowest BCUT2D eigenvalue weighted by Gasteiger charge is -2.11. The summed E-state index contributed by atoms with van der Waals surface area (Å²) in [5.41, 5.74) is 0.887. The van der Waals surface area contributed by atoms with E-state index in [2.05, 4.69) is 25.5 Å². The fourth-order valence-corrected chi connectivity index (χ4v) is 3.59. The minimum absolute atomic E-state index is 0.0606. The molecule has 2 aromatic carbocycles.